The van der Waals surface area contributed by atoms with Gasteiger partial charge in [0.1, 0.15) is 17.6 Å². The van der Waals surface area contributed by atoms with Gasteiger partial charge in [-0.2, -0.15) is 13.2 Å². The van der Waals surface area contributed by atoms with Gasteiger partial charge in [-0.05, 0) is 48.0 Å². The largest absolute Gasteiger partial charge is 0.416 e. The summed E-state index contributed by atoms with van der Waals surface area (Å²) < 4.78 is 54.3. The van der Waals surface area contributed by atoms with Crippen LogP contribution in [-0.2, 0) is 27.1 Å². The van der Waals surface area contributed by atoms with Crippen LogP contribution in [0, 0.1) is 11.7 Å². The number of thioether (sulfide) groups is 1. The van der Waals surface area contributed by atoms with Gasteiger partial charge >= 0.3 is 11.0 Å². The number of carbonyl (C=O) groups excluding carboxylic acids is 3. The Bertz CT molecular complexity index is 1770. The molecule has 2 unspecified atom stereocenters. The summed E-state index contributed by atoms with van der Waals surface area (Å²) in [6.45, 7) is -0.536. The number of carbonyl (C=O) groups is 3. The Kier molecular flexibility index (Phi) is 7.01. The molecular weight excluding hydrogens is 594 g/mol. The van der Waals surface area contributed by atoms with Gasteiger partial charge in [0.25, 0.3) is 0 Å². The zero-order chi connectivity index (χ0) is 29.8. The van der Waals surface area contributed by atoms with Crippen molar-refractivity contribution in [1.29, 1.82) is 0 Å². The average molecular weight is 614 g/mol. The van der Waals surface area contributed by atoms with E-state index < -0.39 is 63.8 Å². The van der Waals surface area contributed by atoms with Crippen molar-refractivity contribution in [2.24, 2.45) is 5.92 Å². The number of nitrogens with one attached hydrogen (secondary N) is 1. The van der Waals surface area contributed by atoms with Crippen LogP contribution in [0.2, 0.25) is 0 Å². The maximum atomic E-state index is 13.8. The number of anilines is 2. The molecule has 1 N–H and O–H groups in total. The number of para-hydroxylation sites is 1. The summed E-state index contributed by atoms with van der Waals surface area (Å²) in [6, 6.07) is 18.0. The molecule has 0 saturated carbocycles. The normalized spacial score (nSPS) is 19.9. The number of rotatable bonds is 5. The number of benzene rings is 3. The van der Waals surface area contributed by atoms with Gasteiger partial charge in [0.05, 0.1) is 22.2 Å². The van der Waals surface area contributed by atoms with E-state index in [1.165, 1.54) is 30.3 Å². The van der Waals surface area contributed by atoms with E-state index in [9.17, 15) is 36.7 Å². The van der Waals surface area contributed by atoms with Crippen LogP contribution in [0.1, 0.15) is 21.9 Å². The molecule has 4 aromatic rings. The fraction of sp³-hybridized carbons (Fsp3) is 0.172. The second-order valence-electron chi connectivity index (χ2n) is 9.69. The number of nitrogens with zero attached hydrogens (tertiary/aromatic N) is 2. The van der Waals surface area contributed by atoms with E-state index >= 15 is 0 Å². The minimum Gasteiger partial charge on any atom is -0.325 e. The monoisotopic (exact) mass is 613 g/mol. The van der Waals surface area contributed by atoms with E-state index in [1.807, 2.05) is 0 Å². The van der Waals surface area contributed by atoms with Crippen LogP contribution in [0.5, 0.6) is 0 Å². The molecule has 2 aliphatic heterocycles. The van der Waals surface area contributed by atoms with Crippen molar-refractivity contribution >= 4 is 52.2 Å². The van der Waals surface area contributed by atoms with E-state index in [4.69, 9.17) is 0 Å². The van der Waals surface area contributed by atoms with Crippen molar-refractivity contribution in [3.05, 3.63) is 110 Å². The van der Waals surface area contributed by atoms with Gasteiger partial charge in [0, 0.05) is 16.5 Å². The van der Waals surface area contributed by atoms with Crippen LogP contribution in [0.15, 0.2) is 88.7 Å². The van der Waals surface area contributed by atoms with Gasteiger partial charge < -0.3 is 5.32 Å². The first-order valence-corrected chi connectivity index (χ1v) is 14.3. The zero-order valence-electron chi connectivity index (χ0n) is 21.3. The molecule has 3 atom stereocenters. The van der Waals surface area contributed by atoms with Crippen molar-refractivity contribution in [2.45, 2.75) is 28.9 Å². The molecule has 3 heterocycles. The highest BCUT2D eigenvalue weighted by Crippen LogP contribution is 2.53. The lowest BCUT2D eigenvalue weighted by atomic mass is 9.83. The lowest BCUT2D eigenvalue weighted by molar-refractivity contribution is -0.137. The standard InChI is InChI=1S/C29H19F4N3O4S2/c30-17-11-9-15(10-12-17)21-22-23(26(39)36(25(22)38)19-7-2-1-3-8-19)41-27-24(21)42-28(40)35(27)14-20(37)34-18-6-4-5-16(13-18)29(31,32)33/h1-13,21-23H,14H2,(H,34,37)/t21-,22?,23?/m1/s1. The van der Waals surface area contributed by atoms with Crippen LogP contribution < -0.4 is 15.1 Å². The molecule has 7 nitrogen and oxygen atoms in total. The lowest BCUT2D eigenvalue weighted by Gasteiger charge is -2.30. The predicted octanol–water partition coefficient (Wildman–Crippen LogP) is 5.50. The Labute approximate surface area is 243 Å². The summed E-state index contributed by atoms with van der Waals surface area (Å²) >= 11 is 1.81. The van der Waals surface area contributed by atoms with E-state index in [1.54, 1.807) is 30.3 Å². The summed E-state index contributed by atoms with van der Waals surface area (Å²) in [4.78, 5) is 54.5. The molecule has 13 heteroatoms. The number of hydrogen-bond donors (Lipinski definition) is 1. The molecule has 2 aliphatic rings. The summed E-state index contributed by atoms with van der Waals surface area (Å²) in [5, 5.41) is 1.76. The molecule has 1 saturated heterocycles. The summed E-state index contributed by atoms with van der Waals surface area (Å²) in [6.07, 6.45) is -4.61. The van der Waals surface area contributed by atoms with Crippen LogP contribution in [0.25, 0.3) is 0 Å². The molecule has 0 radical (unpaired) electrons. The van der Waals surface area contributed by atoms with E-state index in [2.05, 4.69) is 5.32 Å². The summed E-state index contributed by atoms with van der Waals surface area (Å²) in [7, 11) is 0. The topological polar surface area (TPSA) is 88.5 Å². The molecule has 214 valence electrons. The SMILES string of the molecule is O=C(Cn1c2c(sc1=O)[C@H](c1ccc(F)cc1)C1C(=O)N(c3ccccc3)C(=O)C1S2)Nc1cccc(C(F)(F)F)c1. The van der Waals surface area contributed by atoms with Crippen LogP contribution in [-0.4, -0.2) is 27.5 Å². The van der Waals surface area contributed by atoms with Crippen LogP contribution in [0.3, 0.4) is 0 Å². The highest BCUT2D eigenvalue weighted by atomic mass is 32.2. The molecule has 0 bridgehead atoms. The fourth-order valence-corrected chi connectivity index (χ4v) is 8.01. The quantitative estimate of drug-likeness (QED) is 0.237. The molecular formula is C29H19F4N3O4S2. The molecule has 3 amide bonds. The molecule has 3 aromatic carbocycles. The van der Waals surface area contributed by atoms with Gasteiger partial charge in [0.2, 0.25) is 17.7 Å². The third-order valence-electron chi connectivity index (χ3n) is 7.07. The van der Waals surface area contributed by atoms with Crippen molar-refractivity contribution in [1.82, 2.24) is 4.57 Å². The summed E-state index contributed by atoms with van der Waals surface area (Å²) in [5.74, 6) is -3.88. The third kappa shape index (κ3) is 4.92. The van der Waals surface area contributed by atoms with E-state index in [-0.39, 0.29) is 5.69 Å². The molecule has 1 aromatic heterocycles. The average Bonchev–Trinajstić information content (AvgIpc) is 3.40. The first-order valence-electron chi connectivity index (χ1n) is 12.6. The van der Waals surface area contributed by atoms with Gasteiger partial charge in [-0.25, -0.2) is 9.29 Å². The number of fused-ring (bicyclic) bond motifs is 2. The van der Waals surface area contributed by atoms with Crippen LogP contribution >= 0.6 is 23.1 Å². The highest BCUT2D eigenvalue weighted by molar-refractivity contribution is 8.00. The third-order valence-corrected chi connectivity index (χ3v) is 9.67. The minimum absolute atomic E-state index is 0.0982. The van der Waals surface area contributed by atoms with Crippen molar-refractivity contribution in [3.63, 3.8) is 0 Å². The molecule has 1 fully saturated rings. The Hall–Kier alpha value is -4.23. The maximum Gasteiger partial charge on any atom is 0.416 e. The molecule has 42 heavy (non-hydrogen) atoms. The van der Waals surface area contributed by atoms with Gasteiger partial charge in [-0.1, -0.05) is 59.5 Å². The predicted molar refractivity (Wildman–Crippen MR) is 149 cm³/mol. The number of thiazole rings is 1. The first kappa shape index (κ1) is 27.9. The molecule has 6 rings (SSSR count). The minimum atomic E-state index is -4.61. The lowest BCUT2D eigenvalue weighted by Crippen LogP contribution is -2.33. The number of hydrogen-bond acceptors (Lipinski definition) is 6. The highest BCUT2D eigenvalue weighted by Gasteiger charge is 2.56. The van der Waals surface area contributed by atoms with Crippen molar-refractivity contribution < 1.29 is 31.9 Å². The smallest absolute Gasteiger partial charge is 0.325 e. The van der Waals surface area contributed by atoms with E-state index in [0.29, 0.717) is 21.2 Å². The van der Waals surface area contributed by atoms with Gasteiger partial charge in [-0.15, -0.1) is 0 Å². The van der Waals surface area contributed by atoms with Crippen molar-refractivity contribution in [3.8, 4) is 0 Å². The Morgan fingerprint density at radius 3 is 2.31 bits per heavy atom. The molecule has 0 aliphatic carbocycles. The van der Waals surface area contributed by atoms with Gasteiger partial charge in [0.15, 0.2) is 0 Å². The Morgan fingerprint density at radius 1 is 0.905 bits per heavy atom. The fourth-order valence-electron chi connectivity index (χ4n) is 5.23. The number of imide groups is 1. The maximum absolute atomic E-state index is 13.8. The Balaban J connectivity index is 1.37. The number of aromatic nitrogens is 1. The van der Waals surface area contributed by atoms with Crippen molar-refractivity contribution in [2.75, 3.05) is 10.2 Å². The van der Waals surface area contributed by atoms with Gasteiger partial charge in [-0.3, -0.25) is 23.7 Å². The second kappa shape index (κ2) is 10.6. The Morgan fingerprint density at radius 2 is 1.62 bits per heavy atom. The number of amides is 3. The molecule has 0 spiro atoms. The second-order valence-corrected chi connectivity index (χ2v) is 11.8. The number of halogens is 4. The summed E-state index contributed by atoms with van der Waals surface area (Å²) in [5.41, 5.74) is -0.132. The van der Waals surface area contributed by atoms with Crippen LogP contribution in [0.4, 0.5) is 28.9 Å². The van der Waals surface area contributed by atoms with E-state index in [0.717, 1.165) is 50.8 Å². The first-order chi connectivity index (χ1) is 20.0. The zero-order valence-corrected chi connectivity index (χ0v) is 22.9. The number of alkyl halides is 3.